The van der Waals surface area contributed by atoms with Gasteiger partial charge in [0, 0.05) is 11.6 Å². The van der Waals surface area contributed by atoms with Crippen LogP contribution in [0.2, 0.25) is 5.02 Å². The van der Waals surface area contributed by atoms with Crippen molar-refractivity contribution in [1.82, 2.24) is 0 Å². The SMILES string of the molecule is Cc1cc(OCCCCCCO)cc(C)c1Cl. The van der Waals surface area contributed by atoms with Crippen molar-refractivity contribution >= 4 is 11.6 Å². The highest BCUT2D eigenvalue weighted by Gasteiger charge is 2.03. The lowest BCUT2D eigenvalue weighted by Gasteiger charge is -2.09. The van der Waals surface area contributed by atoms with E-state index in [1.165, 1.54) is 0 Å². The zero-order chi connectivity index (χ0) is 12.7. The molecule has 2 nitrogen and oxygen atoms in total. The third-order valence-corrected chi connectivity index (χ3v) is 3.33. The molecule has 0 saturated carbocycles. The Bertz CT molecular complexity index is 327. The van der Waals surface area contributed by atoms with E-state index in [-0.39, 0.29) is 6.61 Å². The van der Waals surface area contributed by atoms with Crippen molar-refractivity contribution < 1.29 is 9.84 Å². The molecule has 0 spiro atoms. The third kappa shape index (κ3) is 4.97. The van der Waals surface area contributed by atoms with Gasteiger partial charge < -0.3 is 9.84 Å². The Morgan fingerprint density at radius 1 is 1.06 bits per heavy atom. The van der Waals surface area contributed by atoms with Crippen LogP contribution in [0.25, 0.3) is 0 Å². The maximum atomic E-state index is 8.64. The predicted octanol–water partition coefficient (Wildman–Crippen LogP) is 3.89. The van der Waals surface area contributed by atoms with Crippen LogP contribution in [0, 0.1) is 13.8 Å². The Labute approximate surface area is 109 Å². The number of aliphatic hydroxyl groups is 1. The first-order chi connectivity index (χ1) is 8.15. The maximum absolute atomic E-state index is 8.64. The first kappa shape index (κ1) is 14.3. The number of benzene rings is 1. The van der Waals surface area contributed by atoms with Gasteiger partial charge >= 0.3 is 0 Å². The van der Waals surface area contributed by atoms with Crippen molar-refractivity contribution in [2.24, 2.45) is 0 Å². The van der Waals surface area contributed by atoms with Crippen molar-refractivity contribution in [2.45, 2.75) is 39.5 Å². The van der Waals surface area contributed by atoms with Gasteiger partial charge in [-0.25, -0.2) is 0 Å². The summed E-state index contributed by atoms with van der Waals surface area (Å²) in [5.74, 6) is 0.895. The van der Waals surface area contributed by atoms with E-state index in [9.17, 15) is 0 Å². The summed E-state index contributed by atoms with van der Waals surface area (Å²) in [5, 5.41) is 9.46. The molecule has 0 aliphatic rings. The maximum Gasteiger partial charge on any atom is 0.119 e. The minimum absolute atomic E-state index is 0.288. The number of ether oxygens (including phenoxy) is 1. The molecule has 1 rings (SSSR count). The summed E-state index contributed by atoms with van der Waals surface area (Å²) in [6, 6.07) is 3.95. The number of halogens is 1. The highest BCUT2D eigenvalue weighted by Crippen LogP contribution is 2.25. The van der Waals surface area contributed by atoms with Gasteiger partial charge in [-0.15, -0.1) is 0 Å². The van der Waals surface area contributed by atoms with E-state index < -0.39 is 0 Å². The first-order valence-electron chi connectivity index (χ1n) is 6.15. The molecule has 96 valence electrons. The van der Waals surface area contributed by atoms with Gasteiger partial charge in [0.15, 0.2) is 0 Å². The van der Waals surface area contributed by atoms with Gasteiger partial charge in [0.1, 0.15) is 5.75 Å². The molecule has 3 heteroatoms. The van der Waals surface area contributed by atoms with Crippen LogP contribution in [0.15, 0.2) is 12.1 Å². The van der Waals surface area contributed by atoms with E-state index in [1.807, 2.05) is 26.0 Å². The topological polar surface area (TPSA) is 29.5 Å². The second-order valence-corrected chi connectivity index (χ2v) is 4.74. The van der Waals surface area contributed by atoms with E-state index in [0.717, 1.165) is 54.2 Å². The van der Waals surface area contributed by atoms with Gasteiger partial charge in [-0.1, -0.05) is 18.0 Å². The van der Waals surface area contributed by atoms with Crippen LogP contribution in [0.3, 0.4) is 0 Å². The molecule has 0 bridgehead atoms. The molecule has 0 aromatic heterocycles. The Hall–Kier alpha value is -0.730. The second-order valence-electron chi connectivity index (χ2n) is 4.36. The molecule has 0 aliphatic heterocycles. The normalized spacial score (nSPS) is 10.6. The highest BCUT2D eigenvalue weighted by molar-refractivity contribution is 6.32. The van der Waals surface area contributed by atoms with Crippen LogP contribution in [0.5, 0.6) is 5.75 Å². The molecule has 0 aliphatic carbocycles. The summed E-state index contributed by atoms with van der Waals surface area (Å²) in [6.07, 6.45) is 4.09. The van der Waals surface area contributed by atoms with E-state index in [0.29, 0.717) is 0 Å². The molecule has 0 saturated heterocycles. The summed E-state index contributed by atoms with van der Waals surface area (Å²) in [5.41, 5.74) is 2.11. The van der Waals surface area contributed by atoms with Gasteiger partial charge in [0.2, 0.25) is 0 Å². The minimum Gasteiger partial charge on any atom is -0.494 e. The van der Waals surface area contributed by atoms with Crippen molar-refractivity contribution in [3.8, 4) is 5.75 Å². The van der Waals surface area contributed by atoms with E-state index in [1.54, 1.807) is 0 Å². The number of rotatable bonds is 7. The van der Waals surface area contributed by atoms with Crippen LogP contribution in [-0.4, -0.2) is 18.3 Å². The van der Waals surface area contributed by atoms with E-state index >= 15 is 0 Å². The van der Waals surface area contributed by atoms with Gasteiger partial charge in [-0.05, 0) is 56.4 Å². The Morgan fingerprint density at radius 3 is 2.24 bits per heavy atom. The Balaban J connectivity index is 2.32. The molecule has 0 heterocycles. The van der Waals surface area contributed by atoms with Crippen molar-refractivity contribution in [1.29, 1.82) is 0 Å². The van der Waals surface area contributed by atoms with Crippen molar-refractivity contribution in [3.05, 3.63) is 28.3 Å². The molecule has 0 fully saturated rings. The van der Waals surface area contributed by atoms with Crippen LogP contribution < -0.4 is 4.74 Å². The first-order valence-corrected chi connectivity index (χ1v) is 6.53. The summed E-state index contributed by atoms with van der Waals surface area (Å²) < 4.78 is 5.68. The summed E-state index contributed by atoms with van der Waals surface area (Å²) >= 11 is 6.09. The van der Waals surface area contributed by atoms with Crippen LogP contribution in [0.4, 0.5) is 0 Å². The zero-order valence-corrected chi connectivity index (χ0v) is 11.4. The summed E-state index contributed by atoms with van der Waals surface area (Å²) in [4.78, 5) is 0. The van der Waals surface area contributed by atoms with Gasteiger partial charge in [-0.2, -0.15) is 0 Å². The molecule has 0 unspecified atom stereocenters. The van der Waals surface area contributed by atoms with Crippen LogP contribution in [0.1, 0.15) is 36.8 Å². The summed E-state index contributed by atoms with van der Waals surface area (Å²) in [7, 11) is 0. The largest absolute Gasteiger partial charge is 0.494 e. The van der Waals surface area contributed by atoms with Crippen molar-refractivity contribution in [3.63, 3.8) is 0 Å². The smallest absolute Gasteiger partial charge is 0.119 e. The van der Waals surface area contributed by atoms with Crippen molar-refractivity contribution in [2.75, 3.05) is 13.2 Å². The number of hydrogen-bond donors (Lipinski definition) is 1. The zero-order valence-electron chi connectivity index (χ0n) is 10.6. The Kier molecular flexibility index (Phi) is 6.38. The van der Waals surface area contributed by atoms with Gasteiger partial charge in [0.05, 0.1) is 6.61 Å². The fraction of sp³-hybridized carbons (Fsp3) is 0.571. The lowest BCUT2D eigenvalue weighted by Crippen LogP contribution is -1.98. The van der Waals surface area contributed by atoms with Crippen LogP contribution in [-0.2, 0) is 0 Å². The average molecular weight is 257 g/mol. The molecule has 0 amide bonds. The third-order valence-electron chi connectivity index (χ3n) is 2.73. The monoisotopic (exact) mass is 256 g/mol. The molecule has 1 N–H and O–H groups in total. The van der Waals surface area contributed by atoms with Crippen LogP contribution >= 0.6 is 11.6 Å². The average Bonchev–Trinajstić information content (AvgIpc) is 2.30. The number of aliphatic hydroxyl groups excluding tert-OH is 1. The quantitative estimate of drug-likeness (QED) is 0.750. The van der Waals surface area contributed by atoms with Gasteiger partial charge in [-0.3, -0.25) is 0 Å². The molecular formula is C14H21ClO2. The van der Waals surface area contributed by atoms with E-state index in [4.69, 9.17) is 21.4 Å². The number of unbranched alkanes of at least 4 members (excludes halogenated alkanes) is 3. The second kappa shape index (κ2) is 7.57. The number of aryl methyl sites for hydroxylation is 2. The lowest BCUT2D eigenvalue weighted by atomic mass is 10.1. The highest BCUT2D eigenvalue weighted by atomic mass is 35.5. The number of hydrogen-bond acceptors (Lipinski definition) is 2. The lowest BCUT2D eigenvalue weighted by molar-refractivity contribution is 0.273. The molecule has 1 aromatic carbocycles. The molecular weight excluding hydrogens is 236 g/mol. The molecule has 17 heavy (non-hydrogen) atoms. The molecule has 0 atom stereocenters. The predicted molar refractivity (Wildman–Crippen MR) is 72.0 cm³/mol. The standard InChI is InChI=1S/C14H21ClO2/c1-11-9-13(10-12(2)14(11)15)17-8-6-4-3-5-7-16/h9-10,16H,3-8H2,1-2H3. The fourth-order valence-electron chi connectivity index (χ4n) is 1.75. The molecule has 0 radical (unpaired) electrons. The fourth-order valence-corrected chi connectivity index (χ4v) is 1.86. The minimum atomic E-state index is 0.288. The Morgan fingerprint density at radius 2 is 1.65 bits per heavy atom. The molecule has 1 aromatic rings. The summed E-state index contributed by atoms with van der Waals surface area (Å²) in [6.45, 7) is 5.00. The van der Waals surface area contributed by atoms with Gasteiger partial charge in [0.25, 0.3) is 0 Å². The van der Waals surface area contributed by atoms with E-state index in [2.05, 4.69) is 0 Å².